The third-order valence-corrected chi connectivity index (χ3v) is 6.24. The zero-order chi connectivity index (χ0) is 25.0. The number of benzene rings is 2. The standard InChI is InChI=1S/C25H28F3N5O2/c1-2-32-23(30-33(24(32)35)16-18-7-4-3-5-8-18)19-11-13-31(14-12-19)17-22(34)29-21-10-6-9-20(15-21)25(26,27)28/h3-10,15,19H,2,11-14,16-17H2,1H3,(H,29,34). The van der Waals surface area contributed by atoms with Crippen LogP contribution < -0.4 is 11.0 Å². The smallest absolute Gasteiger partial charge is 0.325 e. The van der Waals surface area contributed by atoms with Crippen molar-refractivity contribution in [2.45, 2.75) is 44.9 Å². The van der Waals surface area contributed by atoms with Crippen molar-refractivity contribution in [3.05, 3.63) is 82.0 Å². The van der Waals surface area contributed by atoms with E-state index in [1.54, 1.807) is 4.57 Å². The van der Waals surface area contributed by atoms with Crippen LogP contribution in [0.5, 0.6) is 0 Å². The molecule has 2 heterocycles. The molecular weight excluding hydrogens is 459 g/mol. The lowest BCUT2D eigenvalue weighted by Crippen LogP contribution is -2.39. The molecule has 0 radical (unpaired) electrons. The lowest BCUT2D eigenvalue weighted by molar-refractivity contribution is -0.137. The Morgan fingerprint density at radius 2 is 1.80 bits per heavy atom. The summed E-state index contributed by atoms with van der Waals surface area (Å²) in [4.78, 5) is 27.3. The van der Waals surface area contributed by atoms with Gasteiger partial charge in [-0.1, -0.05) is 36.4 Å². The van der Waals surface area contributed by atoms with Crippen LogP contribution in [0.15, 0.2) is 59.4 Å². The van der Waals surface area contributed by atoms with Crippen molar-refractivity contribution in [2.75, 3.05) is 25.0 Å². The van der Waals surface area contributed by atoms with Gasteiger partial charge < -0.3 is 5.32 Å². The molecule has 0 bridgehead atoms. The summed E-state index contributed by atoms with van der Waals surface area (Å²) in [7, 11) is 0. The molecule has 0 spiro atoms. The monoisotopic (exact) mass is 487 g/mol. The van der Waals surface area contributed by atoms with Gasteiger partial charge in [-0.2, -0.15) is 18.3 Å². The first-order chi connectivity index (χ1) is 16.7. The molecule has 1 saturated heterocycles. The van der Waals surface area contributed by atoms with Crippen LogP contribution in [-0.2, 0) is 24.1 Å². The maximum absolute atomic E-state index is 12.9. The molecule has 1 aromatic heterocycles. The average Bonchev–Trinajstić information content (AvgIpc) is 3.14. The molecule has 3 aromatic rings. The number of rotatable bonds is 7. The van der Waals surface area contributed by atoms with E-state index >= 15 is 0 Å². The fourth-order valence-corrected chi connectivity index (χ4v) is 4.44. The SMILES string of the molecule is CCn1c(C2CCN(CC(=O)Nc3cccc(C(F)(F)F)c3)CC2)nn(Cc2ccccc2)c1=O. The van der Waals surface area contributed by atoms with E-state index in [1.165, 1.54) is 16.8 Å². The Balaban J connectivity index is 1.35. The number of piperidine rings is 1. The predicted octanol–water partition coefficient (Wildman–Crippen LogP) is 3.95. The number of nitrogens with one attached hydrogen (secondary N) is 1. The Morgan fingerprint density at radius 3 is 2.46 bits per heavy atom. The van der Waals surface area contributed by atoms with Gasteiger partial charge in [0, 0.05) is 18.2 Å². The second-order valence-electron chi connectivity index (χ2n) is 8.71. The van der Waals surface area contributed by atoms with E-state index in [-0.39, 0.29) is 29.7 Å². The topological polar surface area (TPSA) is 72.2 Å². The van der Waals surface area contributed by atoms with Crippen molar-refractivity contribution in [2.24, 2.45) is 0 Å². The van der Waals surface area contributed by atoms with Crippen molar-refractivity contribution in [3.63, 3.8) is 0 Å². The van der Waals surface area contributed by atoms with Gasteiger partial charge in [0.05, 0.1) is 18.7 Å². The lowest BCUT2D eigenvalue weighted by Gasteiger charge is -2.31. The number of anilines is 1. The quantitative estimate of drug-likeness (QED) is 0.548. The fraction of sp³-hybridized carbons (Fsp3) is 0.400. The average molecular weight is 488 g/mol. The molecular formula is C25H28F3N5O2. The van der Waals surface area contributed by atoms with E-state index in [0.29, 0.717) is 26.2 Å². The lowest BCUT2D eigenvalue weighted by atomic mass is 9.96. The van der Waals surface area contributed by atoms with Gasteiger partial charge in [0.1, 0.15) is 5.82 Å². The van der Waals surface area contributed by atoms with Gasteiger partial charge in [-0.15, -0.1) is 0 Å². The summed E-state index contributed by atoms with van der Waals surface area (Å²) in [6, 6.07) is 14.3. The molecule has 1 amide bonds. The molecule has 186 valence electrons. The number of aromatic nitrogens is 3. The van der Waals surface area contributed by atoms with E-state index in [2.05, 4.69) is 10.4 Å². The first-order valence-electron chi connectivity index (χ1n) is 11.7. The second kappa shape index (κ2) is 10.5. The Morgan fingerprint density at radius 1 is 1.09 bits per heavy atom. The minimum atomic E-state index is -4.46. The minimum absolute atomic E-state index is 0.0893. The first kappa shape index (κ1) is 24.7. The number of hydrogen-bond acceptors (Lipinski definition) is 4. The summed E-state index contributed by atoms with van der Waals surface area (Å²) in [5.41, 5.74) is 0.193. The van der Waals surface area contributed by atoms with Crippen LogP contribution in [0.4, 0.5) is 18.9 Å². The Hall–Kier alpha value is -3.40. The number of amides is 1. The summed E-state index contributed by atoms with van der Waals surface area (Å²) in [5, 5.41) is 7.20. The number of likely N-dealkylation sites (tertiary alicyclic amines) is 1. The number of carbonyl (C=O) groups excluding carboxylic acids is 1. The van der Waals surface area contributed by atoms with Gasteiger partial charge in [0.25, 0.3) is 0 Å². The van der Waals surface area contributed by atoms with E-state index in [0.717, 1.165) is 36.4 Å². The Bertz CT molecular complexity index is 1210. The zero-order valence-corrected chi connectivity index (χ0v) is 19.5. The van der Waals surface area contributed by atoms with Gasteiger partial charge >= 0.3 is 11.9 Å². The zero-order valence-electron chi connectivity index (χ0n) is 19.5. The van der Waals surface area contributed by atoms with E-state index in [1.807, 2.05) is 42.2 Å². The van der Waals surface area contributed by atoms with Crippen LogP contribution in [0.1, 0.15) is 42.6 Å². The third-order valence-electron chi connectivity index (χ3n) is 6.24. The number of halogens is 3. The molecule has 1 N–H and O–H groups in total. The van der Waals surface area contributed by atoms with Crippen LogP contribution in [0.2, 0.25) is 0 Å². The maximum Gasteiger partial charge on any atom is 0.416 e. The number of alkyl halides is 3. The van der Waals surface area contributed by atoms with Gasteiger partial charge in [-0.25, -0.2) is 9.48 Å². The maximum atomic E-state index is 12.9. The van der Waals surface area contributed by atoms with Crippen LogP contribution in [-0.4, -0.2) is 44.8 Å². The number of nitrogens with zero attached hydrogens (tertiary/aromatic N) is 4. The third kappa shape index (κ3) is 6.00. The van der Waals surface area contributed by atoms with Crippen LogP contribution in [0.25, 0.3) is 0 Å². The summed E-state index contributed by atoms with van der Waals surface area (Å²) in [5.74, 6) is 0.504. The molecule has 0 aliphatic carbocycles. The van der Waals surface area contributed by atoms with Crippen molar-refractivity contribution >= 4 is 11.6 Å². The largest absolute Gasteiger partial charge is 0.416 e. The number of hydrogen-bond donors (Lipinski definition) is 1. The molecule has 4 rings (SSSR count). The molecule has 2 aromatic carbocycles. The van der Waals surface area contributed by atoms with Crippen LogP contribution in [0.3, 0.4) is 0 Å². The summed E-state index contributed by atoms with van der Waals surface area (Å²) < 4.78 is 41.9. The molecule has 35 heavy (non-hydrogen) atoms. The van der Waals surface area contributed by atoms with Crippen LogP contribution >= 0.6 is 0 Å². The Labute approximate surface area is 201 Å². The van der Waals surface area contributed by atoms with E-state index in [4.69, 9.17) is 0 Å². The molecule has 0 saturated carbocycles. The van der Waals surface area contributed by atoms with Crippen molar-refractivity contribution in [1.82, 2.24) is 19.2 Å². The first-order valence-corrected chi connectivity index (χ1v) is 11.7. The predicted molar refractivity (Wildman–Crippen MR) is 126 cm³/mol. The highest BCUT2D eigenvalue weighted by Gasteiger charge is 2.31. The van der Waals surface area contributed by atoms with Gasteiger partial charge in [0.15, 0.2) is 0 Å². The Kier molecular flexibility index (Phi) is 7.39. The summed E-state index contributed by atoms with van der Waals surface area (Å²) in [6.07, 6.45) is -2.99. The molecule has 1 fully saturated rings. The van der Waals surface area contributed by atoms with Crippen molar-refractivity contribution < 1.29 is 18.0 Å². The van der Waals surface area contributed by atoms with Crippen LogP contribution in [0, 0.1) is 0 Å². The second-order valence-corrected chi connectivity index (χ2v) is 8.71. The van der Waals surface area contributed by atoms with E-state index < -0.39 is 11.7 Å². The number of carbonyl (C=O) groups is 1. The van der Waals surface area contributed by atoms with Gasteiger partial charge in [-0.3, -0.25) is 14.3 Å². The summed E-state index contributed by atoms with van der Waals surface area (Å²) in [6.45, 7) is 4.21. The molecule has 7 nitrogen and oxygen atoms in total. The molecule has 10 heteroatoms. The normalized spacial score (nSPS) is 15.3. The van der Waals surface area contributed by atoms with Gasteiger partial charge in [0.2, 0.25) is 5.91 Å². The molecule has 1 aliphatic rings. The highest BCUT2D eigenvalue weighted by Crippen LogP contribution is 2.31. The summed E-state index contributed by atoms with van der Waals surface area (Å²) >= 11 is 0. The van der Waals surface area contributed by atoms with Crippen molar-refractivity contribution in [1.29, 1.82) is 0 Å². The van der Waals surface area contributed by atoms with Gasteiger partial charge in [-0.05, 0) is 56.6 Å². The van der Waals surface area contributed by atoms with Crippen molar-refractivity contribution in [3.8, 4) is 0 Å². The fourth-order valence-electron chi connectivity index (χ4n) is 4.44. The minimum Gasteiger partial charge on any atom is -0.325 e. The van der Waals surface area contributed by atoms with E-state index in [9.17, 15) is 22.8 Å². The molecule has 1 aliphatic heterocycles. The molecule has 0 atom stereocenters. The highest BCUT2D eigenvalue weighted by molar-refractivity contribution is 5.92. The molecule has 0 unspecified atom stereocenters. The highest BCUT2D eigenvalue weighted by atomic mass is 19.4.